The van der Waals surface area contributed by atoms with Crippen molar-refractivity contribution in [3.63, 3.8) is 0 Å². The summed E-state index contributed by atoms with van der Waals surface area (Å²) in [4.78, 5) is 0. The lowest BCUT2D eigenvalue weighted by atomic mass is 10.0. The Kier molecular flexibility index (Phi) is 2.54. The molecular weight excluding hydrogens is 186 g/mol. The monoisotopic (exact) mass is 201 g/mol. The Balaban J connectivity index is 2.36. The Bertz CT molecular complexity index is 440. The van der Waals surface area contributed by atoms with Crippen molar-refractivity contribution in [3.05, 3.63) is 36.2 Å². The van der Waals surface area contributed by atoms with Crippen molar-refractivity contribution in [2.75, 3.05) is 0 Å². The van der Waals surface area contributed by atoms with Crippen molar-refractivity contribution in [1.82, 2.24) is 14.8 Å². The molecule has 0 aliphatic carbocycles. The van der Waals surface area contributed by atoms with Gasteiger partial charge in [-0.15, -0.1) is 10.2 Å². The minimum Gasteiger partial charge on any atom is -0.317 e. The van der Waals surface area contributed by atoms with Crippen LogP contribution in [0.25, 0.3) is 11.4 Å². The van der Waals surface area contributed by atoms with Crippen LogP contribution in [0, 0.1) is 0 Å². The van der Waals surface area contributed by atoms with Gasteiger partial charge in [-0.25, -0.2) is 0 Å². The highest BCUT2D eigenvalue weighted by Crippen LogP contribution is 2.20. The molecule has 2 aromatic rings. The van der Waals surface area contributed by atoms with Crippen LogP contribution >= 0.6 is 0 Å². The molecule has 2 rings (SSSR count). The largest absolute Gasteiger partial charge is 0.317 e. The molecule has 0 aliphatic heterocycles. The van der Waals surface area contributed by atoms with E-state index in [1.165, 1.54) is 5.56 Å². The van der Waals surface area contributed by atoms with Gasteiger partial charge < -0.3 is 4.57 Å². The summed E-state index contributed by atoms with van der Waals surface area (Å²) in [5, 5.41) is 7.94. The Morgan fingerprint density at radius 1 is 1.13 bits per heavy atom. The van der Waals surface area contributed by atoms with E-state index in [1.54, 1.807) is 6.33 Å². The molecule has 0 atom stereocenters. The average molecular weight is 201 g/mol. The van der Waals surface area contributed by atoms with Crippen molar-refractivity contribution in [3.8, 4) is 11.4 Å². The average Bonchev–Trinajstić information content (AvgIpc) is 2.65. The first-order valence-electron chi connectivity index (χ1n) is 5.13. The summed E-state index contributed by atoms with van der Waals surface area (Å²) < 4.78 is 1.92. The van der Waals surface area contributed by atoms with Gasteiger partial charge in [-0.2, -0.15) is 0 Å². The summed E-state index contributed by atoms with van der Waals surface area (Å²) in [6.45, 7) is 4.38. The second-order valence-corrected chi connectivity index (χ2v) is 4.04. The first-order chi connectivity index (χ1) is 7.18. The van der Waals surface area contributed by atoms with Gasteiger partial charge in [-0.3, -0.25) is 0 Å². The molecule has 0 bridgehead atoms. The molecule has 15 heavy (non-hydrogen) atoms. The second-order valence-electron chi connectivity index (χ2n) is 4.04. The molecule has 1 heterocycles. The van der Waals surface area contributed by atoms with Crippen molar-refractivity contribution in [2.45, 2.75) is 19.8 Å². The first kappa shape index (κ1) is 9.90. The SMILES string of the molecule is CC(C)c1ccc(-c2nncn2C)cc1. The first-order valence-corrected chi connectivity index (χ1v) is 5.13. The third-order valence-corrected chi connectivity index (χ3v) is 2.55. The van der Waals surface area contributed by atoms with Crippen LogP contribution in [0.15, 0.2) is 30.6 Å². The van der Waals surface area contributed by atoms with Crippen LogP contribution in [0.4, 0.5) is 0 Å². The van der Waals surface area contributed by atoms with Crippen LogP contribution in [-0.2, 0) is 7.05 Å². The van der Waals surface area contributed by atoms with E-state index in [1.807, 2.05) is 11.6 Å². The smallest absolute Gasteiger partial charge is 0.163 e. The minimum atomic E-state index is 0.568. The molecule has 0 aliphatic rings. The number of rotatable bonds is 2. The van der Waals surface area contributed by atoms with Crippen LogP contribution in [-0.4, -0.2) is 14.8 Å². The van der Waals surface area contributed by atoms with Crippen LogP contribution in [0.3, 0.4) is 0 Å². The highest BCUT2D eigenvalue weighted by molar-refractivity contribution is 5.55. The van der Waals surface area contributed by atoms with Crippen LogP contribution in [0.1, 0.15) is 25.3 Å². The molecule has 0 spiro atoms. The minimum absolute atomic E-state index is 0.568. The highest BCUT2D eigenvalue weighted by atomic mass is 15.2. The molecule has 0 radical (unpaired) electrons. The van der Waals surface area contributed by atoms with Gasteiger partial charge in [0.25, 0.3) is 0 Å². The number of nitrogens with zero attached hydrogens (tertiary/aromatic N) is 3. The summed E-state index contributed by atoms with van der Waals surface area (Å²) in [6, 6.07) is 8.49. The van der Waals surface area contributed by atoms with E-state index in [-0.39, 0.29) is 0 Å². The van der Waals surface area contributed by atoms with Crippen LogP contribution in [0.5, 0.6) is 0 Å². The number of aryl methyl sites for hydroxylation is 1. The van der Waals surface area contributed by atoms with E-state index in [0.717, 1.165) is 11.4 Å². The zero-order valence-corrected chi connectivity index (χ0v) is 9.31. The summed E-state index contributed by atoms with van der Waals surface area (Å²) in [5.41, 5.74) is 2.46. The Hall–Kier alpha value is -1.64. The third kappa shape index (κ3) is 1.91. The van der Waals surface area contributed by atoms with Gasteiger partial charge in [0, 0.05) is 12.6 Å². The van der Waals surface area contributed by atoms with E-state index in [0.29, 0.717) is 5.92 Å². The highest BCUT2D eigenvalue weighted by Gasteiger charge is 2.04. The standard InChI is InChI=1S/C12H15N3/c1-9(2)10-4-6-11(7-5-10)12-14-13-8-15(12)3/h4-9H,1-3H3. The van der Waals surface area contributed by atoms with Gasteiger partial charge in [0.05, 0.1) is 0 Å². The maximum atomic E-state index is 4.07. The van der Waals surface area contributed by atoms with Gasteiger partial charge in [0.2, 0.25) is 0 Å². The number of hydrogen-bond acceptors (Lipinski definition) is 2. The third-order valence-electron chi connectivity index (χ3n) is 2.55. The molecule has 1 aromatic carbocycles. The molecule has 0 amide bonds. The molecule has 78 valence electrons. The number of benzene rings is 1. The maximum Gasteiger partial charge on any atom is 0.163 e. The van der Waals surface area contributed by atoms with E-state index < -0.39 is 0 Å². The van der Waals surface area contributed by atoms with E-state index in [9.17, 15) is 0 Å². The Morgan fingerprint density at radius 2 is 1.80 bits per heavy atom. The van der Waals surface area contributed by atoms with Gasteiger partial charge in [-0.05, 0) is 11.5 Å². The zero-order valence-electron chi connectivity index (χ0n) is 9.31. The lowest BCUT2D eigenvalue weighted by Gasteiger charge is -2.06. The molecule has 0 N–H and O–H groups in total. The maximum absolute atomic E-state index is 4.07. The molecule has 3 nitrogen and oxygen atoms in total. The predicted octanol–water partition coefficient (Wildman–Crippen LogP) is 2.61. The van der Waals surface area contributed by atoms with Crippen molar-refractivity contribution in [1.29, 1.82) is 0 Å². The Labute approximate surface area is 89.8 Å². The lowest BCUT2D eigenvalue weighted by molar-refractivity contribution is 0.866. The summed E-state index contributed by atoms with van der Waals surface area (Å²) in [6.07, 6.45) is 1.71. The van der Waals surface area contributed by atoms with Crippen molar-refractivity contribution < 1.29 is 0 Å². The quantitative estimate of drug-likeness (QED) is 0.747. The summed E-state index contributed by atoms with van der Waals surface area (Å²) in [7, 11) is 1.95. The number of hydrogen-bond donors (Lipinski definition) is 0. The fraction of sp³-hybridized carbons (Fsp3) is 0.333. The Morgan fingerprint density at radius 3 is 2.27 bits per heavy atom. The van der Waals surface area contributed by atoms with Crippen molar-refractivity contribution in [2.24, 2.45) is 7.05 Å². The molecule has 0 fully saturated rings. The second kappa shape index (κ2) is 3.85. The van der Waals surface area contributed by atoms with Crippen molar-refractivity contribution >= 4 is 0 Å². The fourth-order valence-electron chi connectivity index (χ4n) is 1.56. The van der Waals surface area contributed by atoms with Crippen LogP contribution in [0.2, 0.25) is 0 Å². The molecular formula is C12H15N3. The van der Waals surface area contributed by atoms with E-state index in [4.69, 9.17) is 0 Å². The van der Waals surface area contributed by atoms with Gasteiger partial charge in [0.1, 0.15) is 6.33 Å². The van der Waals surface area contributed by atoms with E-state index >= 15 is 0 Å². The topological polar surface area (TPSA) is 30.7 Å². The van der Waals surface area contributed by atoms with Gasteiger partial charge >= 0.3 is 0 Å². The molecule has 0 saturated carbocycles. The normalized spacial score (nSPS) is 10.9. The van der Waals surface area contributed by atoms with Crippen LogP contribution < -0.4 is 0 Å². The summed E-state index contributed by atoms with van der Waals surface area (Å²) >= 11 is 0. The zero-order chi connectivity index (χ0) is 10.8. The van der Waals surface area contributed by atoms with E-state index in [2.05, 4.69) is 48.3 Å². The lowest BCUT2D eigenvalue weighted by Crippen LogP contribution is -1.92. The molecule has 0 saturated heterocycles. The number of aromatic nitrogens is 3. The van der Waals surface area contributed by atoms with Gasteiger partial charge in [-0.1, -0.05) is 38.1 Å². The summed E-state index contributed by atoms with van der Waals surface area (Å²) in [5.74, 6) is 1.48. The predicted molar refractivity (Wildman–Crippen MR) is 60.5 cm³/mol. The molecule has 0 unspecified atom stereocenters. The fourth-order valence-corrected chi connectivity index (χ4v) is 1.56. The van der Waals surface area contributed by atoms with Gasteiger partial charge in [0.15, 0.2) is 5.82 Å². The molecule has 1 aromatic heterocycles. The molecule has 3 heteroatoms.